The molecule has 1 heterocycles. The molecule has 228 valence electrons. The number of halogens is 1. The standard InChI is InChI=1S/C40H40N2OP.BrH/c1-31(34-11-5-2-6-12-34)42-26-25-41(30-42)29-37-27-32-17-21-35(37)22-18-33-20-24-36(23-19-32)40(28-33)44(43,38-13-7-3-8-14-38)39-15-9-4-10-16-39;/h2-16,20,24-28,30-31H,17-19,21-23,29H2,1H3;1H/q+1;/p-1/t31-;/m0./s1. The fraction of sp³-hybridized carbons (Fsp3) is 0.225. The van der Waals surface area contributed by atoms with Crippen LogP contribution in [0.4, 0.5) is 0 Å². The second-order valence-corrected chi connectivity index (χ2v) is 15.0. The molecule has 5 aliphatic rings. The lowest BCUT2D eigenvalue weighted by atomic mass is 9.85. The molecule has 0 N–H and O–H groups in total. The van der Waals surface area contributed by atoms with Gasteiger partial charge >= 0.3 is 0 Å². The van der Waals surface area contributed by atoms with Crippen molar-refractivity contribution in [1.82, 2.24) is 4.57 Å². The Bertz CT molecular complexity index is 1830. The van der Waals surface area contributed by atoms with Crippen molar-refractivity contribution >= 4 is 23.1 Å². The van der Waals surface area contributed by atoms with E-state index >= 15 is 4.57 Å². The van der Waals surface area contributed by atoms with Crippen LogP contribution in [0.2, 0.25) is 0 Å². The Morgan fingerprint density at radius 2 is 1.38 bits per heavy atom. The second kappa shape index (κ2) is 13.7. The lowest BCUT2D eigenvalue weighted by Gasteiger charge is -2.26. The third-order valence-electron chi connectivity index (χ3n) is 9.53. The quantitative estimate of drug-likeness (QED) is 0.183. The first kappa shape index (κ1) is 31.3. The number of aromatic nitrogens is 2. The molecule has 0 fully saturated rings. The fourth-order valence-corrected chi connectivity index (χ4v) is 9.91. The summed E-state index contributed by atoms with van der Waals surface area (Å²) in [5.74, 6) is 0. The molecule has 3 nitrogen and oxygen atoms in total. The van der Waals surface area contributed by atoms with Gasteiger partial charge in [0.1, 0.15) is 25.0 Å². The van der Waals surface area contributed by atoms with E-state index in [1.807, 2.05) is 60.7 Å². The molecule has 0 saturated heterocycles. The molecule has 1 atom stereocenters. The van der Waals surface area contributed by atoms with Gasteiger partial charge in [0.05, 0.1) is 0 Å². The molecule has 0 spiro atoms. The smallest absolute Gasteiger partial charge is 0.244 e. The van der Waals surface area contributed by atoms with Crippen molar-refractivity contribution in [3.8, 4) is 0 Å². The SMILES string of the molecule is C[C@@H](c1ccccc1)n1cc[n+](CC2=C3CCC(=C2)CCc2ccc(cc2P(=O)(c2ccccc2)c2ccccc2)CC3)c1.[Br-]. The van der Waals surface area contributed by atoms with Gasteiger partial charge in [0.2, 0.25) is 6.33 Å². The average Bonchev–Trinajstić information content (AvgIpc) is 3.55. The van der Waals surface area contributed by atoms with Gasteiger partial charge in [-0.25, -0.2) is 9.13 Å². The second-order valence-electron chi connectivity index (χ2n) is 12.3. The number of allylic oxidation sites excluding steroid dienone is 4. The molecule has 0 aliphatic heterocycles. The molecule has 10 rings (SSSR count). The Morgan fingerprint density at radius 1 is 0.756 bits per heavy atom. The Hall–Kier alpha value is -3.72. The van der Waals surface area contributed by atoms with Crippen LogP contribution in [0.25, 0.3) is 0 Å². The summed E-state index contributed by atoms with van der Waals surface area (Å²) in [6, 6.07) is 38.1. The molecule has 5 aromatic rings. The van der Waals surface area contributed by atoms with Gasteiger partial charge in [-0.3, -0.25) is 0 Å². The molecule has 5 aliphatic carbocycles. The zero-order chi connectivity index (χ0) is 29.9. The highest BCUT2D eigenvalue weighted by Crippen LogP contribution is 2.44. The number of aryl methyl sites for hydroxylation is 2. The van der Waals surface area contributed by atoms with Crippen LogP contribution in [-0.4, -0.2) is 4.57 Å². The normalized spacial score (nSPS) is 15.5. The van der Waals surface area contributed by atoms with Crippen molar-refractivity contribution < 1.29 is 26.1 Å². The van der Waals surface area contributed by atoms with E-state index < -0.39 is 7.14 Å². The van der Waals surface area contributed by atoms with Crippen LogP contribution in [0.3, 0.4) is 0 Å². The van der Waals surface area contributed by atoms with Crippen LogP contribution in [0.1, 0.15) is 55.3 Å². The molecular formula is C40H40BrN2OP. The van der Waals surface area contributed by atoms with Crippen LogP contribution < -0.4 is 37.5 Å². The Balaban J connectivity index is 0.00000357. The zero-order valence-electron chi connectivity index (χ0n) is 25.9. The first-order valence-corrected chi connectivity index (χ1v) is 17.6. The molecule has 5 heteroatoms. The summed E-state index contributed by atoms with van der Waals surface area (Å²) in [6.45, 7) is 3.16. The third-order valence-corrected chi connectivity index (χ3v) is 12.7. The van der Waals surface area contributed by atoms with Crippen molar-refractivity contribution in [2.24, 2.45) is 0 Å². The van der Waals surface area contributed by atoms with E-state index in [0.717, 1.165) is 61.0 Å². The first-order valence-electron chi connectivity index (χ1n) is 15.9. The van der Waals surface area contributed by atoms with Gasteiger partial charge < -0.3 is 21.5 Å². The average molecular weight is 676 g/mol. The zero-order valence-corrected chi connectivity index (χ0v) is 28.3. The van der Waals surface area contributed by atoms with Crippen LogP contribution in [0.5, 0.6) is 0 Å². The maximum absolute atomic E-state index is 15.4. The number of rotatable bonds is 7. The largest absolute Gasteiger partial charge is 1.00 e. The highest BCUT2D eigenvalue weighted by Gasteiger charge is 2.32. The summed E-state index contributed by atoms with van der Waals surface area (Å²) in [5, 5.41) is 2.84. The summed E-state index contributed by atoms with van der Waals surface area (Å²) in [4.78, 5) is 0. The van der Waals surface area contributed by atoms with Gasteiger partial charge in [-0.2, -0.15) is 0 Å². The lowest BCUT2D eigenvalue weighted by molar-refractivity contribution is -0.688. The summed E-state index contributed by atoms with van der Waals surface area (Å²) < 4.78 is 20.0. The maximum atomic E-state index is 15.4. The summed E-state index contributed by atoms with van der Waals surface area (Å²) in [6.07, 6.45) is 15.3. The van der Waals surface area contributed by atoms with Crippen molar-refractivity contribution in [1.29, 1.82) is 0 Å². The van der Waals surface area contributed by atoms with Crippen molar-refractivity contribution in [3.63, 3.8) is 0 Å². The van der Waals surface area contributed by atoms with Gasteiger partial charge in [-0.15, -0.1) is 0 Å². The number of benzene rings is 4. The number of nitrogens with zero attached hydrogens (tertiary/aromatic N) is 2. The van der Waals surface area contributed by atoms with Crippen LogP contribution in [0.15, 0.2) is 151 Å². The highest BCUT2D eigenvalue weighted by molar-refractivity contribution is 7.85. The van der Waals surface area contributed by atoms with Crippen molar-refractivity contribution in [2.45, 2.75) is 58.0 Å². The van der Waals surface area contributed by atoms with Gasteiger partial charge in [-0.05, 0) is 73.8 Å². The molecule has 0 saturated carbocycles. The van der Waals surface area contributed by atoms with Crippen LogP contribution in [0, 0.1) is 0 Å². The molecule has 0 radical (unpaired) electrons. The van der Waals surface area contributed by atoms with Crippen molar-refractivity contribution in [3.05, 3.63) is 167 Å². The van der Waals surface area contributed by atoms with E-state index in [1.54, 1.807) is 5.57 Å². The molecule has 1 aromatic heterocycles. The maximum Gasteiger partial charge on any atom is 0.244 e. The minimum atomic E-state index is -3.04. The van der Waals surface area contributed by atoms with Crippen LogP contribution in [-0.2, 0) is 24.0 Å². The minimum Gasteiger partial charge on any atom is -1.00 e. The van der Waals surface area contributed by atoms with E-state index in [-0.39, 0.29) is 17.0 Å². The van der Waals surface area contributed by atoms with E-state index in [1.165, 1.54) is 27.8 Å². The monoisotopic (exact) mass is 674 g/mol. The molecule has 4 aromatic carbocycles. The van der Waals surface area contributed by atoms with Gasteiger partial charge in [0.25, 0.3) is 0 Å². The Morgan fingerprint density at radius 3 is 2.07 bits per heavy atom. The van der Waals surface area contributed by atoms with Gasteiger partial charge in [0.15, 0.2) is 7.14 Å². The number of imidazole rings is 1. The van der Waals surface area contributed by atoms with E-state index in [9.17, 15) is 0 Å². The summed E-state index contributed by atoms with van der Waals surface area (Å²) >= 11 is 0. The van der Waals surface area contributed by atoms with Gasteiger partial charge in [-0.1, -0.05) is 120 Å². The highest BCUT2D eigenvalue weighted by atomic mass is 79.9. The van der Waals surface area contributed by atoms with E-state index in [0.29, 0.717) is 6.04 Å². The Labute approximate surface area is 278 Å². The fourth-order valence-electron chi connectivity index (χ4n) is 6.93. The summed E-state index contributed by atoms with van der Waals surface area (Å²) in [5.41, 5.74) is 8.34. The van der Waals surface area contributed by atoms with Crippen LogP contribution >= 0.6 is 7.14 Å². The predicted molar refractivity (Wildman–Crippen MR) is 182 cm³/mol. The molecule has 4 bridgehead atoms. The minimum absolute atomic E-state index is 0. The number of hydrogen-bond donors (Lipinski definition) is 0. The summed E-state index contributed by atoms with van der Waals surface area (Å²) in [7, 11) is -3.04. The van der Waals surface area contributed by atoms with E-state index in [2.05, 4.69) is 89.4 Å². The molecule has 45 heavy (non-hydrogen) atoms. The third kappa shape index (κ3) is 6.50. The molecule has 0 amide bonds. The molecule has 0 unspecified atom stereocenters. The van der Waals surface area contributed by atoms with Gasteiger partial charge in [0, 0.05) is 15.9 Å². The lowest BCUT2D eigenvalue weighted by Crippen LogP contribution is -3.00. The Kier molecular flexibility index (Phi) is 9.54. The van der Waals surface area contributed by atoms with E-state index in [4.69, 9.17) is 0 Å². The first-order chi connectivity index (χ1) is 21.6. The molecular weight excluding hydrogens is 635 g/mol. The predicted octanol–water partition coefficient (Wildman–Crippen LogP) is 4.62. The van der Waals surface area contributed by atoms with Crippen molar-refractivity contribution in [2.75, 3.05) is 0 Å². The topological polar surface area (TPSA) is 25.9 Å². The number of hydrogen-bond acceptors (Lipinski definition) is 1.